The lowest BCUT2D eigenvalue weighted by Gasteiger charge is -2.09. The van der Waals surface area contributed by atoms with E-state index < -0.39 is 0 Å². The van der Waals surface area contributed by atoms with Crippen molar-refractivity contribution in [3.05, 3.63) is 41.7 Å². The Bertz CT molecular complexity index is 698. The molecule has 4 heteroatoms. The van der Waals surface area contributed by atoms with Crippen LogP contribution in [0.25, 0.3) is 11.0 Å². The molecule has 124 valence electrons. The second kappa shape index (κ2) is 8.51. The van der Waals surface area contributed by atoms with E-state index in [9.17, 15) is 0 Å². The number of hydrogen-bond donors (Lipinski definition) is 0. The molecule has 0 bridgehead atoms. The number of oxime groups is 1. The third kappa shape index (κ3) is 4.44. The predicted octanol–water partition coefficient (Wildman–Crippen LogP) is 5.07. The van der Waals surface area contributed by atoms with Crippen LogP contribution < -0.4 is 0 Å². The van der Waals surface area contributed by atoms with Crippen LogP contribution in [0.4, 0.5) is 0 Å². The lowest BCUT2D eigenvalue weighted by molar-refractivity contribution is 0.140. The van der Waals surface area contributed by atoms with Crippen molar-refractivity contribution in [3.63, 3.8) is 0 Å². The first-order valence-corrected chi connectivity index (χ1v) is 8.49. The van der Waals surface area contributed by atoms with Crippen LogP contribution in [-0.2, 0) is 4.84 Å². The number of rotatable bonds is 7. The van der Waals surface area contributed by atoms with E-state index in [0.717, 1.165) is 48.4 Å². The third-order valence-corrected chi connectivity index (χ3v) is 3.72. The zero-order valence-corrected chi connectivity index (χ0v) is 14.7. The summed E-state index contributed by atoms with van der Waals surface area (Å²) in [4.78, 5) is 10.2. The molecule has 4 nitrogen and oxygen atoms in total. The summed E-state index contributed by atoms with van der Waals surface area (Å²) in [6.45, 7) is 9.12. The Hall–Kier alpha value is -2.10. The summed E-state index contributed by atoms with van der Waals surface area (Å²) in [7, 11) is 0. The molecule has 2 aromatic rings. The number of para-hydroxylation sites is 2. The smallest absolute Gasteiger partial charge is 0.178 e. The average molecular weight is 313 g/mol. The largest absolute Gasteiger partial charge is 0.394 e. The zero-order valence-electron chi connectivity index (χ0n) is 14.7. The molecule has 1 aromatic carbocycles. The fourth-order valence-corrected chi connectivity index (χ4v) is 2.57. The van der Waals surface area contributed by atoms with Gasteiger partial charge in [0, 0.05) is 0 Å². The van der Waals surface area contributed by atoms with Crippen molar-refractivity contribution < 1.29 is 4.84 Å². The van der Waals surface area contributed by atoms with Gasteiger partial charge >= 0.3 is 0 Å². The second-order valence-corrected chi connectivity index (χ2v) is 5.86. The van der Waals surface area contributed by atoms with Gasteiger partial charge in [0.05, 0.1) is 11.0 Å². The Kier molecular flexibility index (Phi) is 6.39. The number of fused-ring (bicyclic) bond motifs is 1. The molecule has 0 saturated carbocycles. The number of imidazole rings is 1. The van der Waals surface area contributed by atoms with Crippen LogP contribution >= 0.6 is 0 Å². The quantitative estimate of drug-likeness (QED) is 0.310. The summed E-state index contributed by atoms with van der Waals surface area (Å²) in [5, 5.41) is 4.40. The summed E-state index contributed by atoms with van der Waals surface area (Å²) in [6, 6.07) is 8.13. The maximum atomic E-state index is 5.54. The van der Waals surface area contributed by atoms with Crippen LogP contribution in [0, 0.1) is 6.92 Å². The Labute approximate surface area is 138 Å². The molecule has 1 aromatic heterocycles. The van der Waals surface area contributed by atoms with Gasteiger partial charge in [-0.25, -0.2) is 4.98 Å². The highest BCUT2D eigenvalue weighted by molar-refractivity contribution is 6.01. The molecule has 0 spiro atoms. The average Bonchev–Trinajstić information content (AvgIpc) is 2.86. The van der Waals surface area contributed by atoms with Gasteiger partial charge in [0.1, 0.15) is 12.4 Å². The first-order valence-electron chi connectivity index (χ1n) is 8.49. The fraction of sp³-hybridized carbons (Fsp3) is 0.474. The molecule has 0 aliphatic heterocycles. The van der Waals surface area contributed by atoms with E-state index in [1.807, 2.05) is 25.1 Å². The van der Waals surface area contributed by atoms with Gasteiger partial charge in [0.15, 0.2) is 5.84 Å². The second-order valence-electron chi connectivity index (χ2n) is 5.86. The van der Waals surface area contributed by atoms with E-state index in [-0.39, 0.29) is 0 Å². The first kappa shape index (κ1) is 17.3. The maximum Gasteiger partial charge on any atom is 0.178 e. The van der Waals surface area contributed by atoms with Crippen molar-refractivity contribution in [2.45, 2.75) is 53.4 Å². The summed E-state index contributed by atoms with van der Waals surface area (Å²) in [5.74, 6) is 1.72. The molecule has 0 aliphatic carbocycles. The lowest BCUT2D eigenvalue weighted by Crippen LogP contribution is -2.12. The molecule has 1 heterocycles. The highest BCUT2D eigenvalue weighted by Gasteiger charge is 2.11. The number of benzene rings is 1. The molecule has 2 rings (SSSR count). The standard InChI is InChI=1S/C19H27N3O/c1-5-7-13-23-21-19(14-15(3)10-6-2)22-16(4)20-17-11-8-9-12-18(17)22/h8-9,11-12,14H,5-7,10,13H2,1-4H3/b15-14+,21-19+. The number of hydrogen-bond acceptors (Lipinski definition) is 3. The highest BCUT2D eigenvalue weighted by atomic mass is 16.6. The van der Waals surface area contributed by atoms with Gasteiger partial charge in [-0.15, -0.1) is 0 Å². The Morgan fingerprint density at radius 1 is 1.26 bits per heavy atom. The van der Waals surface area contributed by atoms with Crippen molar-refractivity contribution in [1.29, 1.82) is 0 Å². The lowest BCUT2D eigenvalue weighted by atomic mass is 10.1. The van der Waals surface area contributed by atoms with Crippen LogP contribution in [-0.4, -0.2) is 22.0 Å². The van der Waals surface area contributed by atoms with Crippen LogP contribution in [0.1, 0.15) is 52.3 Å². The topological polar surface area (TPSA) is 39.4 Å². The monoisotopic (exact) mass is 313 g/mol. The first-order chi connectivity index (χ1) is 11.2. The van der Waals surface area contributed by atoms with Crippen molar-refractivity contribution >= 4 is 16.9 Å². The van der Waals surface area contributed by atoms with Gasteiger partial charge in [-0.05, 0) is 44.9 Å². The van der Waals surface area contributed by atoms with Crippen molar-refractivity contribution in [1.82, 2.24) is 9.55 Å². The molecule has 23 heavy (non-hydrogen) atoms. The van der Waals surface area contributed by atoms with Gasteiger partial charge in [0.2, 0.25) is 0 Å². The van der Waals surface area contributed by atoms with Crippen molar-refractivity contribution in [3.8, 4) is 0 Å². The van der Waals surface area contributed by atoms with E-state index in [4.69, 9.17) is 4.84 Å². The molecule has 0 aliphatic rings. The minimum Gasteiger partial charge on any atom is -0.394 e. The van der Waals surface area contributed by atoms with E-state index in [1.54, 1.807) is 0 Å². The van der Waals surface area contributed by atoms with Gasteiger partial charge < -0.3 is 4.84 Å². The summed E-state index contributed by atoms with van der Waals surface area (Å²) < 4.78 is 2.07. The number of aryl methyl sites for hydroxylation is 1. The Morgan fingerprint density at radius 2 is 2.04 bits per heavy atom. The van der Waals surface area contributed by atoms with Crippen molar-refractivity contribution in [2.75, 3.05) is 6.61 Å². The Morgan fingerprint density at radius 3 is 2.78 bits per heavy atom. The molecule has 0 radical (unpaired) electrons. The van der Waals surface area contributed by atoms with Crippen LogP contribution in [0.15, 0.2) is 41.1 Å². The van der Waals surface area contributed by atoms with Gasteiger partial charge in [-0.1, -0.05) is 49.6 Å². The molecule has 0 atom stereocenters. The molecule has 0 saturated heterocycles. The SMILES string of the molecule is CCCCO/N=C(\C=C(/C)CCC)n1c(C)nc2ccccc21. The van der Waals surface area contributed by atoms with Crippen LogP contribution in [0.2, 0.25) is 0 Å². The molecule has 0 unspecified atom stereocenters. The van der Waals surface area contributed by atoms with Gasteiger partial charge in [-0.3, -0.25) is 4.57 Å². The summed E-state index contributed by atoms with van der Waals surface area (Å²) >= 11 is 0. The molecule has 0 amide bonds. The van der Waals surface area contributed by atoms with Crippen LogP contribution in [0.5, 0.6) is 0 Å². The molecule has 0 fully saturated rings. The van der Waals surface area contributed by atoms with Crippen LogP contribution in [0.3, 0.4) is 0 Å². The Balaban J connectivity index is 2.42. The molecular weight excluding hydrogens is 286 g/mol. The van der Waals surface area contributed by atoms with E-state index in [2.05, 4.69) is 47.6 Å². The summed E-state index contributed by atoms with van der Waals surface area (Å²) in [5.41, 5.74) is 3.33. The van der Waals surface area contributed by atoms with E-state index in [0.29, 0.717) is 6.61 Å². The zero-order chi connectivity index (χ0) is 16.7. The molecular formula is C19H27N3O. The van der Waals surface area contributed by atoms with E-state index in [1.165, 1.54) is 5.57 Å². The van der Waals surface area contributed by atoms with Crippen molar-refractivity contribution in [2.24, 2.45) is 5.16 Å². The third-order valence-electron chi connectivity index (χ3n) is 3.72. The minimum absolute atomic E-state index is 0.645. The van der Waals surface area contributed by atoms with E-state index >= 15 is 0 Å². The minimum atomic E-state index is 0.645. The number of nitrogens with zero attached hydrogens (tertiary/aromatic N) is 3. The van der Waals surface area contributed by atoms with Gasteiger partial charge in [-0.2, -0.15) is 0 Å². The fourth-order valence-electron chi connectivity index (χ4n) is 2.57. The summed E-state index contributed by atoms with van der Waals surface area (Å²) in [6.07, 6.45) is 6.40. The number of aromatic nitrogens is 2. The highest BCUT2D eigenvalue weighted by Crippen LogP contribution is 2.17. The maximum absolute atomic E-state index is 5.54. The predicted molar refractivity (Wildman–Crippen MR) is 96.8 cm³/mol. The number of allylic oxidation sites excluding steroid dienone is 2. The number of unbranched alkanes of at least 4 members (excludes halogenated alkanes) is 1. The van der Waals surface area contributed by atoms with Gasteiger partial charge in [0.25, 0.3) is 0 Å². The normalized spacial score (nSPS) is 12.9. The molecule has 0 N–H and O–H groups in total.